The Morgan fingerprint density at radius 1 is 1.16 bits per heavy atom. The van der Waals surface area contributed by atoms with Crippen LogP contribution in [0.3, 0.4) is 0 Å². The summed E-state index contributed by atoms with van der Waals surface area (Å²) in [6, 6.07) is 0.770. The molecule has 19 heavy (non-hydrogen) atoms. The second kappa shape index (κ2) is 6.23. The van der Waals surface area contributed by atoms with Crippen LogP contribution in [0.15, 0.2) is 0 Å². The second-order valence-electron chi connectivity index (χ2n) is 6.27. The highest BCUT2D eigenvalue weighted by atomic mass is 16.5. The fraction of sp³-hybridized carbons (Fsp3) is 0.933. The summed E-state index contributed by atoms with van der Waals surface area (Å²) in [6.07, 6.45) is 7.26. The number of nitrogens with one attached hydrogen (secondary N) is 1. The molecule has 1 N–H and O–H groups in total. The highest BCUT2D eigenvalue weighted by Crippen LogP contribution is 2.41. The molecule has 0 aromatic rings. The Hall–Kier alpha value is -0.610. The van der Waals surface area contributed by atoms with Gasteiger partial charge in [0, 0.05) is 32.1 Å². The summed E-state index contributed by atoms with van der Waals surface area (Å²) in [7, 11) is 0. The number of amides is 1. The van der Waals surface area contributed by atoms with Crippen molar-refractivity contribution in [1.29, 1.82) is 0 Å². The predicted molar refractivity (Wildman–Crippen MR) is 73.9 cm³/mol. The molecule has 0 aromatic heterocycles. The van der Waals surface area contributed by atoms with Crippen LogP contribution >= 0.6 is 0 Å². The first kappa shape index (κ1) is 13.4. The van der Waals surface area contributed by atoms with Gasteiger partial charge in [0.25, 0.3) is 0 Å². The normalized spacial score (nSPS) is 40.7. The van der Waals surface area contributed by atoms with Crippen molar-refractivity contribution in [3.05, 3.63) is 0 Å². The van der Waals surface area contributed by atoms with E-state index < -0.39 is 0 Å². The van der Waals surface area contributed by atoms with Crippen molar-refractivity contribution in [3.8, 4) is 0 Å². The van der Waals surface area contributed by atoms with E-state index in [1.54, 1.807) is 0 Å². The molecule has 2 aliphatic heterocycles. The van der Waals surface area contributed by atoms with Crippen LogP contribution in [0, 0.1) is 11.8 Å². The standard InChI is InChI=1S/C15H26N2O2/c18-15-6-5-12-11-17(8-10-19-9-7-16-15)14-4-2-1-3-13(12)14/h12-14H,1-11H2,(H,16,18). The maximum Gasteiger partial charge on any atom is 0.220 e. The summed E-state index contributed by atoms with van der Waals surface area (Å²) in [5, 5.41) is 2.95. The molecular weight excluding hydrogens is 240 g/mol. The Labute approximate surface area is 115 Å². The van der Waals surface area contributed by atoms with Gasteiger partial charge >= 0.3 is 0 Å². The molecule has 3 aliphatic rings. The fourth-order valence-corrected chi connectivity index (χ4v) is 4.23. The van der Waals surface area contributed by atoms with Crippen molar-refractivity contribution < 1.29 is 9.53 Å². The monoisotopic (exact) mass is 266 g/mol. The lowest BCUT2D eigenvalue weighted by molar-refractivity contribution is -0.121. The van der Waals surface area contributed by atoms with E-state index in [0.29, 0.717) is 19.6 Å². The molecule has 108 valence electrons. The van der Waals surface area contributed by atoms with Crippen LogP contribution < -0.4 is 5.32 Å². The highest BCUT2D eigenvalue weighted by Gasteiger charge is 2.42. The van der Waals surface area contributed by atoms with Gasteiger partial charge in [0.1, 0.15) is 0 Å². The van der Waals surface area contributed by atoms with E-state index in [1.807, 2.05) is 0 Å². The lowest BCUT2D eigenvalue weighted by Crippen LogP contribution is -2.37. The van der Waals surface area contributed by atoms with E-state index >= 15 is 0 Å². The topological polar surface area (TPSA) is 41.6 Å². The third-order valence-corrected chi connectivity index (χ3v) is 5.16. The molecule has 1 amide bonds. The molecule has 2 bridgehead atoms. The average molecular weight is 266 g/mol. The van der Waals surface area contributed by atoms with Gasteiger partial charge in [-0.15, -0.1) is 0 Å². The van der Waals surface area contributed by atoms with Gasteiger partial charge in [0.05, 0.1) is 13.2 Å². The minimum atomic E-state index is 0.204. The molecule has 0 aromatic carbocycles. The van der Waals surface area contributed by atoms with Crippen LogP contribution in [-0.4, -0.2) is 49.7 Å². The number of hydrogen-bond acceptors (Lipinski definition) is 3. The van der Waals surface area contributed by atoms with Crippen LogP contribution in [0.25, 0.3) is 0 Å². The van der Waals surface area contributed by atoms with Gasteiger partial charge in [0.15, 0.2) is 0 Å². The van der Waals surface area contributed by atoms with Gasteiger partial charge in [0.2, 0.25) is 5.91 Å². The highest BCUT2D eigenvalue weighted by molar-refractivity contribution is 5.75. The maximum atomic E-state index is 11.8. The summed E-state index contributed by atoms with van der Waals surface area (Å²) in [5.74, 6) is 1.77. The van der Waals surface area contributed by atoms with Crippen molar-refractivity contribution >= 4 is 5.91 Å². The summed E-state index contributed by atoms with van der Waals surface area (Å²) in [4.78, 5) is 14.4. The molecule has 0 radical (unpaired) electrons. The second-order valence-corrected chi connectivity index (χ2v) is 6.27. The van der Waals surface area contributed by atoms with Crippen LogP contribution in [0.5, 0.6) is 0 Å². The van der Waals surface area contributed by atoms with Crippen molar-refractivity contribution in [2.75, 3.05) is 32.8 Å². The number of nitrogens with zero attached hydrogens (tertiary/aromatic N) is 1. The zero-order valence-electron chi connectivity index (χ0n) is 11.8. The van der Waals surface area contributed by atoms with E-state index in [0.717, 1.165) is 37.5 Å². The maximum absolute atomic E-state index is 11.8. The Bertz CT molecular complexity index is 321. The molecule has 3 rings (SSSR count). The first-order chi connectivity index (χ1) is 9.34. The van der Waals surface area contributed by atoms with Crippen LogP contribution in [0.1, 0.15) is 38.5 Å². The molecule has 4 atom stereocenters. The van der Waals surface area contributed by atoms with Crippen molar-refractivity contribution in [2.24, 2.45) is 11.8 Å². The largest absolute Gasteiger partial charge is 0.378 e. The molecule has 3 fully saturated rings. The Morgan fingerprint density at radius 2 is 2.05 bits per heavy atom. The molecule has 1 aliphatic carbocycles. The predicted octanol–water partition coefficient (Wildman–Crippen LogP) is 1.40. The van der Waals surface area contributed by atoms with Crippen molar-refractivity contribution in [3.63, 3.8) is 0 Å². The van der Waals surface area contributed by atoms with E-state index in [9.17, 15) is 4.79 Å². The molecule has 4 heteroatoms. The SMILES string of the molecule is O=C1CCC2CN(CCOCCN1)C1CCCCC21. The van der Waals surface area contributed by atoms with E-state index in [-0.39, 0.29) is 5.91 Å². The van der Waals surface area contributed by atoms with E-state index in [1.165, 1.54) is 32.2 Å². The van der Waals surface area contributed by atoms with Gasteiger partial charge < -0.3 is 10.1 Å². The van der Waals surface area contributed by atoms with E-state index in [2.05, 4.69) is 10.2 Å². The minimum absolute atomic E-state index is 0.204. The Kier molecular flexibility index (Phi) is 4.38. The number of hydrogen-bond donors (Lipinski definition) is 1. The lowest BCUT2D eigenvalue weighted by Gasteiger charge is -2.32. The first-order valence-corrected chi connectivity index (χ1v) is 7.93. The average Bonchev–Trinajstić information content (AvgIpc) is 2.78. The molecule has 0 spiro atoms. The van der Waals surface area contributed by atoms with Crippen LogP contribution in [0.4, 0.5) is 0 Å². The number of fused-ring (bicyclic) bond motifs is 5. The summed E-state index contributed by atoms with van der Waals surface area (Å²) in [6.45, 7) is 4.39. The molecule has 2 saturated heterocycles. The lowest BCUT2D eigenvalue weighted by atomic mass is 9.78. The minimum Gasteiger partial charge on any atom is -0.378 e. The number of rotatable bonds is 0. The van der Waals surface area contributed by atoms with Gasteiger partial charge in [-0.25, -0.2) is 0 Å². The molecule has 1 saturated carbocycles. The third-order valence-electron chi connectivity index (χ3n) is 5.16. The molecule has 4 nitrogen and oxygen atoms in total. The number of carbonyl (C=O) groups is 1. The quantitative estimate of drug-likeness (QED) is 0.720. The van der Waals surface area contributed by atoms with Gasteiger partial charge in [-0.05, 0) is 31.1 Å². The third kappa shape index (κ3) is 3.11. The van der Waals surface area contributed by atoms with Crippen LogP contribution in [-0.2, 0) is 9.53 Å². The summed E-state index contributed by atoms with van der Waals surface area (Å²) in [5.41, 5.74) is 0. The Balaban J connectivity index is 1.67. The number of carbonyl (C=O) groups excluding carboxylic acids is 1. The fourth-order valence-electron chi connectivity index (χ4n) is 4.23. The summed E-state index contributed by atoms with van der Waals surface area (Å²) >= 11 is 0. The van der Waals surface area contributed by atoms with Gasteiger partial charge in [-0.1, -0.05) is 12.8 Å². The van der Waals surface area contributed by atoms with E-state index in [4.69, 9.17) is 4.74 Å². The zero-order chi connectivity index (χ0) is 13.1. The van der Waals surface area contributed by atoms with Crippen molar-refractivity contribution in [1.82, 2.24) is 10.2 Å². The number of ether oxygens (including phenoxy) is 1. The zero-order valence-corrected chi connectivity index (χ0v) is 11.8. The summed E-state index contributed by atoms with van der Waals surface area (Å²) < 4.78 is 5.63. The molecular formula is C15H26N2O2. The first-order valence-electron chi connectivity index (χ1n) is 7.93. The molecule has 4 unspecified atom stereocenters. The molecule has 2 heterocycles. The smallest absolute Gasteiger partial charge is 0.220 e. The van der Waals surface area contributed by atoms with Gasteiger partial charge in [-0.3, -0.25) is 9.69 Å². The van der Waals surface area contributed by atoms with Gasteiger partial charge in [-0.2, -0.15) is 0 Å². The van der Waals surface area contributed by atoms with Crippen molar-refractivity contribution in [2.45, 2.75) is 44.6 Å². The van der Waals surface area contributed by atoms with Crippen LogP contribution in [0.2, 0.25) is 0 Å². The Morgan fingerprint density at radius 3 is 3.00 bits per heavy atom.